The van der Waals surface area contributed by atoms with Crippen molar-refractivity contribution in [2.24, 2.45) is 0 Å². The second kappa shape index (κ2) is 6.27. The van der Waals surface area contributed by atoms with Crippen LogP contribution in [0, 0.1) is 0 Å². The highest BCUT2D eigenvalue weighted by atomic mass is 79.9. The number of rotatable bonds is 2. The van der Waals surface area contributed by atoms with Crippen molar-refractivity contribution in [2.75, 3.05) is 5.73 Å². The molecule has 2 aromatic carbocycles. The Morgan fingerprint density at radius 2 is 1.69 bits per heavy atom. The summed E-state index contributed by atoms with van der Waals surface area (Å²) in [4.78, 5) is 24.7. The number of nitrogens with zero attached hydrogens (tertiary/aromatic N) is 2. The van der Waals surface area contributed by atoms with Crippen LogP contribution in [0.25, 0.3) is 17.3 Å². The Kier molecular flexibility index (Phi) is 3.93. The van der Waals surface area contributed by atoms with Gasteiger partial charge in [0.15, 0.2) is 0 Å². The zero-order valence-corrected chi connectivity index (χ0v) is 15.0. The van der Waals surface area contributed by atoms with Crippen LogP contribution in [0.2, 0.25) is 0 Å². The summed E-state index contributed by atoms with van der Waals surface area (Å²) in [6.45, 7) is 0. The number of nitrogens with two attached hydrogens (primary N) is 1. The molecule has 0 bridgehead atoms. The number of anilines is 1. The molecule has 0 radical (unpaired) electrons. The number of fused-ring (bicyclic) bond motifs is 1. The summed E-state index contributed by atoms with van der Waals surface area (Å²) < 4.78 is 2.38. The summed E-state index contributed by atoms with van der Waals surface area (Å²) in [5.41, 5.74) is 8.48. The second-order valence-corrected chi connectivity index (χ2v) is 6.66. The van der Waals surface area contributed by atoms with Crippen molar-refractivity contribution in [3.63, 3.8) is 0 Å². The Bertz CT molecular complexity index is 1050. The lowest BCUT2D eigenvalue weighted by Gasteiger charge is -2.13. The van der Waals surface area contributed by atoms with E-state index in [0.29, 0.717) is 11.3 Å². The van der Waals surface area contributed by atoms with E-state index in [1.165, 1.54) is 4.68 Å². The Labute approximate surface area is 157 Å². The largest absolute Gasteiger partial charge is 0.383 e. The molecular formula is C19H13BrN4O2. The van der Waals surface area contributed by atoms with Gasteiger partial charge in [-0.25, -0.2) is 4.68 Å². The molecule has 0 aliphatic carbocycles. The molecule has 6 nitrogen and oxygen atoms in total. The predicted octanol–water partition coefficient (Wildman–Crippen LogP) is 3.03. The lowest BCUT2D eigenvalue weighted by molar-refractivity contribution is -0.114. The maximum absolute atomic E-state index is 12.4. The van der Waals surface area contributed by atoms with Crippen molar-refractivity contribution in [1.82, 2.24) is 15.1 Å². The van der Waals surface area contributed by atoms with Crippen LogP contribution in [0.5, 0.6) is 0 Å². The zero-order valence-electron chi connectivity index (χ0n) is 13.4. The number of carbonyl (C=O) groups is 2. The van der Waals surface area contributed by atoms with Crippen molar-refractivity contribution < 1.29 is 9.59 Å². The molecule has 4 rings (SSSR count). The average molecular weight is 409 g/mol. The standard InChI is InChI=1S/C19H13BrN4O2/c20-12-6-8-13(9-7-12)24-17(21)15-16(23-24)14(18(25)22-19(15)26)10-11-4-2-1-3-5-11/h1-10H,21H2,(H,22,25,26)/b14-10+. The number of aromatic nitrogens is 2. The molecule has 26 heavy (non-hydrogen) atoms. The van der Waals surface area contributed by atoms with E-state index >= 15 is 0 Å². The third kappa shape index (κ3) is 2.72. The molecule has 2 heterocycles. The van der Waals surface area contributed by atoms with Gasteiger partial charge in [-0.05, 0) is 35.9 Å². The summed E-state index contributed by atoms with van der Waals surface area (Å²) in [5.74, 6) is -0.853. The van der Waals surface area contributed by atoms with Crippen LogP contribution in [0.15, 0.2) is 59.1 Å². The van der Waals surface area contributed by atoms with Crippen molar-refractivity contribution >= 4 is 45.2 Å². The number of benzene rings is 2. The molecular weight excluding hydrogens is 396 g/mol. The van der Waals surface area contributed by atoms with Crippen LogP contribution >= 0.6 is 15.9 Å². The quantitative estimate of drug-likeness (QED) is 0.503. The molecule has 1 aliphatic rings. The number of nitrogen functional groups attached to an aromatic ring is 1. The Balaban J connectivity index is 1.90. The molecule has 0 saturated heterocycles. The highest BCUT2D eigenvalue weighted by molar-refractivity contribution is 9.10. The first-order valence-corrected chi connectivity index (χ1v) is 8.61. The minimum absolute atomic E-state index is 0.186. The first-order valence-electron chi connectivity index (χ1n) is 7.82. The second-order valence-electron chi connectivity index (χ2n) is 5.75. The van der Waals surface area contributed by atoms with Gasteiger partial charge in [0, 0.05) is 4.47 Å². The zero-order chi connectivity index (χ0) is 18.3. The minimum Gasteiger partial charge on any atom is -0.383 e. The first kappa shape index (κ1) is 16.3. The van der Waals surface area contributed by atoms with E-state index in [9.17, 15) is 9.59 Å². The van der Waals surface area contributed by atoms with E-state index in [1.807, 2.05) is 54.6 Å². The van der Waals surface area contributed by atoms with E-state index in [-0.39, 0.29) is 17.1 Å². The van der Waals surface area contributed by atoms with Crippen molar-refractivity contribution in [2.45, 2.75) is 0 Å². The molecule has 0 unspecified atom stereocenters. The van der Waals surface area contributed by atoms with Crippen LogP contribution in [0.4, 0.5) is 5.82 Å². The summed E-state index contributed by atoms with van der Waals surface area (Å²) in [5, 5.41) is 6.79. The van der Waals surface area contributed by atoms with Gasteiger partial charge in [-0.15, -0.1) is 0 Å². The van der Waals surface area contributed by atoms with E-state index in [2.05, 4.69) is 26.3 Å². The van der Waals surface area contributed by atoms with Crippen LogP contribution in [-0.4, -0.2) is 21.6 Å². The van der Waals surface area contributed by atoms with Crippen molar-refractivity contribution in [3.8, 4) is 5.69 Å². The van der Waals surface area contributed by atoms with Gasteiger partial charge < -0.3 is 5.73 Å². The number of amides is 2. The number of imide groups is 1. The Hall–Kier alpha value is -3.19. The Morgan fingerprint density at radius 3 is 2.38 bits per heavy atom. The van der Waals surface area contributed by atoms with Gasteiger partial charge in [-0.1, -0.05) is 46.3 Å². The SMILES string of the molecule is Nc1c2c(nn1-c1ccc(Br)cc1)/C(=C\c1ccccc1)C(=O)NC2=O. The maximum Gasteiger partial charge on any atom is 0.264 e. The molecule has 0 atom stereocenters. The normalized spacial score (nSPS) is 15.0. The van der Waals surface area contributed by atoms with Gasteiger partial charge in [0.2, 0.25) is 0 Å². The number of halogens is 1. The van der Waals surface area contributed by atoms with Crippen LogP contribution in [0.3, 0.4) is 0 Å². The van der Waals surface area contributed by atoms with Gasteiger partial charge in [0.05, 0.1) is 11.3 Å². The molecule has 1 aromatic heterocycles. The van der Waals surface area contributed by atoms with Crippen LogP contribution < -0.4 is 11.1 Å². The van der Waals surface area contributed by atoms with Gasteiger partial charge in [-0.3, -0.25) is 14.9 Å². The summed E-state index contributed by atoms with van der Waals surface area (Å²) >= 11 is 3.38. The fourth-order valence-corrected chi connectivity index (χ4v) is 3.08. The van der Waals surface area contributed by atoms with Crippen LogP contribution in [-0.2, 0) is 4.79 Å². The van der Waals surface area contributed by atoms with E-state index in [0.717, 1.165) is 10.0 Å². The number of carbonyl (C=O) groups excluding carboxylic acids is 2. The number of hydrogen-bond donors (Lipinski definition) is 2. The molecule has 1 aliphatic heterocycles. The molecule has 0 fully saturated rings. The third-order valence-corrected chi connectivity index (χ3v) is 4.59. The number of hydrogen-bond acceptors (Lipinski definition) is 4. The monoisotopic (exact) mass is 408 g/mol. The fraction of sp³-hybridized carbons (Fsp3) is 0. The maximum atomic E-state index is 12.4. The molecule has 128 valence electrons. The van der Waals surface area contributed by atoms with E-state index < -0.39 is 11.8 Å². The molecule has 0 spiro atoms. The van der Waals surface area contributed by atoms with Crippen LogP contribution in [0.1, 0.15) is 21.6 Å². The summed E-state index contributed by atoms with van der Waals surface area (Å²) in [7, 11) is 0. The topological polar surface area (TPSA) is 90.0 Å². The van der Waals surface area contributed by atoms with E-state index in [1.54, 1.807) is 6.08 Å². The lowest BCUT2D eigenvalue weighted by atomic mass is 10.00. The van der Waals surface area contributed by atoms with Gasteiger partial charge in [-0.2, -0.15) is 5.10 Å². The molecule has 3 aromatic rings. The minimum atomic E-state index is -0.545. The highest BCUT2D eigenvalue weighted by Crippen LogP contribution is 2.31. The summed E-state index contributed by atoms with van der Waals surface area (Å²) in [6, 6.07) is 16.7. The molecule has 2 amide bonds. The number of nitrogens with one attached hydrogen (secondary N) is 1. The van der Waals surface area contributed by atoms with Gasteiger partial charge >= 0.3 is 0 Å². The smallest absolute Gasteiger partial charge is 0.264 e. The average Bonchev–Trinajstić information content (AvgIpc) is 2.98. The molecule has 0 saturated carbocycles. The highest BCUT2D eigenvalue weighted by Gasteiger charge is 2.34. The van der Waals surface area contributed by atoms with Gasteiger partial charge in [0.25, 0.3) is 11.8 Å². The van der Waals surface area contributed by atoms with Gasteiger partial charge in [0.1, 0.15) is 17.1 Å². The first-order chi connectivity index (χ1) is 12.5. The lowest BCUT2D eigenvalue weighted by Crippen LogP contribution is -2.36. The van der Waals surface area contributed by atoms with Crippen molar-refractivity contribution in [1.29, 1.82) is 0 Å². The Morgan fingerprint density at radius 1 is 1.00 bits per heavy atom. The predicted molar refractivity (Wildman–Crippen MR) is 102 cm³/mol. The summed E-state index contributed by atoms with van der Waals surface area (Å²) in [6.07, 6.45) is 1.69. The fourth-order valence-electron chi connectivity index (χ4n) is 2.81. The van der Waals surface area contributed by atoms with E-state index in [4.69, 9.17) is 5.73 Å². The molecule has 7 heteroatoms. The third-order valence-electron chi connectivity index (χ3n) is 4.06. The van der Waals surface area contributed by atoms with Crippen molar-refractivity contribution in [3.05, 3.63) is 75.9 Å². The molecule has 3 N–H and O–H groups in total.